The molecular weight excluding hydrogens is 356 g/mol. The SMILES string of the molecule is CCOc1ccccc1-c1cc(-c2ccc(OC)c(OC)c2)[nH]c(=O)c1C#N. The van der Waals surface area contributed by atoms with Crippen molar-refractivity contribution in [3.8, 4) is 45.7 Å². The van der Waals surface area contributed by atoms with Crippen LogP contribution in [-0.4, -0.2) is 25.8 Å². The van der Waals surface area contributed by atoms with E-state index in [4.69, 9.17) is 14.2 Å². The number of rotatable bonds is 6. The molecule has 0 saturated heterocycles. The second-order valence-corrected chi connectivity index (χ2v) is 5.91. The van der Waals surface area contributed by atoms with Crippen molar-refractivity contribution in [3.63, 3.8) is 0 Å². The summed E-state index contributed by atoms with van der Waals surface area (Å²) in [6, 6.07) is 16.5. The molecule has 0 atom stereocenters. The predicted molar refractivity (Wildman–Crippen MR) is 107 cm³/mol. The molecule has 0 amide bonds. The number of ether oxygens (including phenoxy) is 3. The number of aromatic amines is 1. The lowest BCUT2D eigenvalue weighted by Crippen LogP contribution is -2.13. The highest BCUT2D eigenvalue weighted by Gasteiger charge is 2.16. The molecule has 0 unspecified atom stereocenters. The van der Waals surface area contributed by atoms with E-state index < -0.39 is 5.56 Å². The molecule has 0 spiro atoms. The summed E-state index contributed by atoms with van der Waals surface area (Å²) >= 11 is 0. The third kappa shape index (κ3) is 3.55. The molecule has 142 valence electrons. The highest BCUT2D eigenvalue weighted by molar-refractivity contribution is 5.79. The summed E-state index contributed by atoms with van der Waals surface area (Å²) in [5, 5.41) is 9.55. The van der Waals surface area contributed by atoms with Crippen LogP contribution >= 0.6 is 0 Å². The summed E-state index contributed by atoms with van der Waals surface area (Å²) in [4.78, 5) is 15.4. The van der Waals surface area contributed by atoms with E-state index in [1.807, 2.05) is 43.3 Å². The molecule has 6 nitrogen and oxygen atoms in total. The maximum absolute atomic E-state index is 12.6. The minimum Gasteiger partial charge on any atom is -0.493 e. The molecule has 0 aliphatic carbocycles. The largest absolute Gasteiger partial charge is 0.493 e. The van der Waals surface area contributed by atoms with Crippen LogP contribution in [0.25, 0.3) is 22.4 Å². The Hall–Kier alpha value is -3.72. The number of nitrogens with zero attached hydrogens (tertiary/aromatic N) is 1. The van der Waals surface area contributed by atoms with Gasteiger partial charge in [0.05, 0.1) is 20.8 Å². The van der Waals surface area contributed by atoms with Gasteiger partial charge in [0.1, 0.15) is 17.4 Å². The summed E-state index contributed by atoms with van der Waals surface area (Å²) < 4.78 is 16.3. The molecule has 1 heterocycles. The Morgan fingerprint density at radius 1 is 0.964 bits per heavy atom. The second kappa shape index (κ2) is 8.31. The molecule has 0 radical (unpaired) electrons. The van der Waals surface area contributed by atoms with Gasteiger partial charge >= 0.3 is 0 Å². The first kappa shape index (κ1) is 19.1. The van der Waals surface area contributed by atoms with Gasteiger partial charge in [-0.05, 0) is 37.3 Å². The first-order valence-electron chi connectivity index (χ1n) is 8.75. The molecule has 0 aliphatic heterocycles. The van der Waals surface area contributed by atoms with Crippen molar-refractivity contribution in [1.29, 1.82) is 5.26 Å². The molecule has 28 heavy (non-hydrogen) atoms. The van der Waals surface area contributed by atoms with Gasteiger partial charge in [0.2, 0.25) is 0 Å². The fraction of sp³-hybridized carbons (Fsp3) is 0.182. The number of methoxy groups -OCH3 is 2. The van der Waals surface area contributed by atoms with Crippen LogP contribution in [0.1, 0.15) is 12.5 Å². The number of aromatic nitrogens is 1. The van der Waals surface area contributed by atoms with E-state index in [2.05, 4.69) is 4.98 Å². The third-order valence-electron chi connectivity index (χ3n) is 4.32. The Bertz CT molecular complexity index is 1100. The van der Waals surface area contributed by atoms with Crippen LogP contribution in [-0.2, 0) is 0 Å². The number of nitrogens with one attached hydrogen (secondary N) is 1. The molecular formula is C22H20N2O4. The normalized spacial score (nSPS) is 10.2. The van der Waals surface area contributed by atoms with Gasteiger partial charge in [0, 0.05) is 22.4 Å². The number of nitriles is 1. The van der Waals surface area contributed by atoms with E-state index in [1.54, 1.807) is 32.4 Å². The molecule has 3 aromatic rings. The van der Waals surface area contributed by atoms with Gasteiger partial charge in [-0.15, -0.1) is 0 Å². The molecule has 6 heteroatoms. The smallest absolute Gasteiger partial charge is 0.266 e. The monoisotopic (exact) mass is 376 g/mol. The zero-order valence-corrected chi connectivity index (χ0v) is 15.9. The zero-order valence-electron chi connectivity index (χ0n) is 15.9. The standard InChI is InChI=1S/C22H20N2O4/c1-4-28-19-8-6-5-7-15(19)16-12-18(24-22(25)17(16)13-23)14-9-10-20(26-2)21(11-14)27-3/h5-12H,4H2,1-3H3,(H,24,25). The number of hydrogen-bond donors (Lipinski definition) is 1. The number of hydrogen-bond acceptors (Lipinski definition) is 5. The first-order valence-corrected chi connectivity index (χ1v) is 8.75. The van der Waals surface area contributed by atoms with Gasteiger partial charge in [-0.3, -0.25) is 4.79 Å². The number of pyridine rings is 1. The molecule has 0 fully saturated rings. The van der Waals surface area contributed by atoms with Crippen LogP contribution in [0.2, 0.25) is 0 Å². The predicted octanol–water partition coefficient (Wildman–Crippen LogP) is 4.00. The van der Waals surface area contributed by atoms with E-state index in [0.29, 0.717) is 40.7 Å². The van der Waals surface area contributed by atoms with E-state index in [-0.39, 0.29) is 5.56 Å². The van der Waals surface area contributed by atoms with Gasteiger partial charge in [-0.2, -0.15) is 5.26 Å². The Labute approximate surface area is 162 Å². The number of para-hydroxylation sites is 1. The van der Waals surface area contributed by atoms with Crippen LogP contribution in [0, 0.1) is 11.3 Å². The van der Waals surface area contributed by atoms with Gasteiger partial charge in [0.15, 0.2) is 11.5 Å². The van der Waals surface area contributed by atoms with E-state index in [9.17, 15) is 10.1 Å². The Kier molecular flexibility index (Phi) is 5.66. The van der Waals surface area contributed by atoms with Crippen molar-refractivity contribution in [2.24, 2.45) is 0 Å². The maximum Gasteiger partial charge on any atom is 0.266 e. The first-order chi connectivity index (χ1) is 13.6. The molecule has 0 saturated carbocycles. The molecule has 1 aromatic heterocycles. The maximum atomic E-state index is 12.6. The lowest BCUT2D eigenvalue weighted by molar-refractivity contribution is 0.341. The summed E-state index contributed by atoms with van der Waals surface area (Å²) in [7, 11) is 3.11. The Morgan fingerprint density at radius 3 is 2.39 bits per heavy atom. The quantitative estimate of drug-likeness (QED) is 0.703. The Morgan fingerprint density at radius 2 is 1.71 bits per heavy atom. The summed E-state index contributed by atoms with van der Waals surface area (Å²) in [6.07, 6.45) is 0. The molecule has 2 aromatic carbocycles. The summed E-state index contributed by atoms with van der Waals surface area (Å²) in [6.45, 7) is 2.36. The average Bonchev–Trinajstić information content (AvgIpc) is 2.73. The van der Waals surface area contributed by atoms with Crippen LogP contribution in [0.5, 0.6) is 17.2 Å². The molecule has 0 bridgehead atoms. The van der Waals surface area contributed by atoms with E-state index in [0.717, 1.165) is 5.56 Å². The van der Waals surface area contributed by atoms with Gasteiger partial charge < -0.3 is 19.2 Å². The van der Waals surface area contributed by atoms with Crippen LogP contribution < -0.4 is 19.8 Å². The zero-order chi connectivity index (χ0) is 20.1. The second-order valence-electron chi connectivity index (χ2n) is 5.91. The highest BCUT2D eigenvalue weighted by atomic mass is 16.5. The van der Waals surface area contributed by atoms with Crippen molar-refractivity contribution in [3.05, 3.63) is 64.4 Å². The van der Waals surface area contributed by atoms with Gasteiger partial charge in [-0.1, -0.05) is 18.2 Å². The van der Waals surface area contributed by atoms with Crippen molar-refractivity contribution in [2.75, 3.05) is 20.8 Å². The van der Waals surface area contributed by atoms with E-state index >= 15 is 0 Å². The van der Waals surface area contributed by atoms with Crippen molar-refractivity contribution in [1.82, 2.24) is 4.98 Å². The molecule has 0 aliphatic rings. The fourth-order valence-electron chi connectivity index (χ4n) is 3.01. The van der Waals surface area contributed by atoms with Gasteiger partial charge in [0.25, 0.3) is 5.56 Å². The van der Waals surface area contributed by atoms with Crippen molar-refractivity contribution >= 4 is 0 Å². The van der Waals surface area contributed by atoms with Crippen LogP contribution in [0.4, 0.5) is 0 Å². The lowest BCUT2D eigenvalue weighted by Gasteiger charge is -2.13. The van der Waals surface area contributed by atoms with Crippen LogP contribution in [0.3, 0.4) is 0 Å². The highest BCUT2D eigenvalue weighted by Crippen LogP contribution is 2.35. The Balaban J connectivity index is 2.23. The van der Waals surface area contributed by atoms with Gasteiger partial charge in [-0.25, -0.2) is 0 Å². The lowest BCUT2D eigenvalue weighted by atomic mass is 9.98. The molecule has 1 N–H and O–H groups in total. The van der Waals surface area contributed by atoms with Crippen LogP contribution in [0.15, 0.2) is 53.3 Å². The van der Waals surface area contributed by atoms with Crippen molar-refractivity contribution < 1.29 is 14.2 Å². The molecule has 3 rings (SSSR count). The minimum absolute atomic E-state index is 0.0383. The topological polar surface area (TPSA) is 84.3 Å². The van der Waals surface area contributed by atoms with E-state index in [1.165, 1.54) is 0 Å². The van der Waals surface area contributed by atoms with Crippen molar-refractivity contribution in [2.45, 2.75) is 6.92 Å². The minimum atomic E-state index is -0.462. The number of benzene rings is 2. The third-order valence-corrected chi connectivity index (χ3v) is 4.32. The fourth-order valence-corrected chi connectivity index (χ4v) is 3.01. The number of H-pyrrole nitrogens is 1. The summed E-state index contributed by atoms with van der Waals surface area (Å²) in [5.41, 5.74) is 2.07. The average molecular weight is 376 g/mol. The summed E-state index contributed by atoms with van der Waals surface area (Å²) in [5.74, 6) is 1.75.